The van der Waals surface area contributed by atoms with Crippen molar-refractivity contribution in [2.45, 2.75) is 19.6 Å². The number of carbonyl (C=O) groups excluding carboxylic acids is 1. The number of methoxy groups -OCH3 is 1. The van der Waals surface area contributed by atoms with Gasteiger partial charge in [0.25, 0.3) is 0 Å². The van der Waals surface area contributed by atoms with E-state index in [1.165, 1.54) is 5.56 Å². The SMILES string of the molecule is COCCSCc1cccc(NC(=O)N2C[C@@H]3[C@@H](C2)C3(C)C)c1. The fourth-order valence-electron chi connectivity index (χ4n) is 3.57. The lowest BCUT2D eigenvalue weighted by Gasteiger charge is -2.22. The molecule has 23 heavy (non-hydrogen) atoms. The fourth-order valence-corrected chi connectivity index (χ4v) is 4.42. The first-order valence-electron chi connectivity index (χ1n) is 8.24. The molecule has 1 aromatic carbocycles. The number of hydrogen-bond acceptors (Lipinski definition) is 3. The number of nitrogens with one attached hydrogen (secondary N) is 1. The maximum Gasteiger partial charge on any atom is 0.321 e. The Hall–Kier alpha value is -1.20. The quantitative estimate of drug-likeness (QED) is 0.807. The van der Waals surface area contributed by atoms with Gasteiger partial charge < -0.3 is 15.0 Å². The molecule has 1 N–H and O–H groups in total. The van der Waals surface area contributed by atoms with Crippen LogP contribution < -0.4 is 5.32 Å². The summed E-state index contributed by atoms with van der Waals surface area (Å²) in [6, 6.07) is 8.17. The number of hydrogen-bond donors (Lipinski definition) is 1. The minimum Gasteiger partial charge on any atom is -0.384 e. The van der Waals surface area contributed by atoms with Gasteiger partial charge in [-0.05, 0) is 34.9 Å². The smallest absolute Gasteiger partial charge is 0.321 e. The molecule has 1 aliphatic carbocycles. The number of anilines is 1. The van der Waals surface area contributed by atoms with Gasteiger partial charge in [-0.3, -0.25) is 0 Å². The average molecular weight is 334 g/mol. The van der Waals surface area contributed by atoms with Crippen molar-refractivity contribution >= 4 is 23.5 Å². The number of likely N-dealkylation sites (tertiary alicyclic amines) is 1. The van der Waals surface area contributed by atoms with Crippen molar-refractivity contribution in [1.29, 1.82) is 0 Å². The van der Waals surface area contributed by atoms with Gasteiger partial charge in [0.05, 0.1) is 6.61 Å². The molecule has 126 valence electrons. The Kier molecular flexibility index (Phi) is 4.87. The molecule has 2 amide bonds. The lowest BCUT2D eigenvalue weighted by Crippen LogP contribution is -2.36. The Morgan fingerprint density at radius 3 is 2.83 bits per heavy atom. The molecule has 1 saturated carbocycles. The van der Waals surface area contributed by atoms with Gasteiger partial charge in [-0.25, -0.2) is 4.79 Å². The second kappa shape index (κ2) is 6.73. The number of urea groups is 1. The molecule has 0 spiro atoms. The molecule has 3 rings (SSSR count). The van der Waals surface area contributed by atoms with Gasteiger partial charge in [0.15, 0.2) is 0 Å². The number of nitrogens with zero attached hydrogens (tertiary/aromatic N) is 1. The third-order valence-electron chi connectivity index (χ3n) is 5.29. The third-order valence-corrected chi connectivity index (χ3v) is 6.28. The highest BCUT2D eigenvalue weighted by atomic mass is 32.2. The van der Waals surface area contributed by atoms with Crippen molar-refractivity contribution < 1.29 is 9.53 Å². The number of amides is 2. The van der Waals surface area contributed by atoms with E-state index in [9.17, 15) is 4.79 Å². The summed E-state index contributed by atoms with van der Waals surface area (Å²) in [5.41, 5.74) is 2.56. The van der Waals surface area contributed by atoms with Gasteiger partial charge in [0.2, 0.25) is 0 Å². The molecule has 1 aromatic rings. The third kappa shape index (κ3) is 3.66. The normalized spacial score (nSPS) is 24.4. The van der Waals surface area contributed by atoms with E-state index in [-0.39, 0.29) is 6.03 Å². The number of fused-ring (bicyclic) bond motifs is 1. The Bertz CT molecular complexity index is 562. The van der Waals surface area contributed by atoms with Crippen LogP contribution in [-0.2, 0) is 10.5 Å². The second-order valence-corrected chi connectivity index (χ2v) is 8.22. The molecule has 1 heterocycles. The van der Waals surface area contributed by atoms with Gasteiger partial charge in [-0.2, -0.15) is 11.8 Å². The summed E-state index contributed by atoms with van der Waals surface area (Å²) in [5.74, 6) is 3.31. The topological polar surface area (TPSA) is 41.6 Å². The minimum absolute atomic E-state index is 0.0391. The van der Waals surface area contributed by atoms with Crippen LogP contribution in [0.25, 0.3) is 0 Å². The molecule has 1 aliphatic heterocycles. The molecule has 1 saturated heterocycles. The summed E-state index contributed by atoms with van der Waals surface area (Å²) in [5, 5.41) is 3.05. The largest absolute Gasteiger partial charge is 0.384 e. The molecule has 0 aromatic heterocycles. The van der Waals surface area contributed by atoms with E-state index in [0.717, 1.165) is 36.9 Å². The summed E-state index contributed by atoms with van der Waals surface area (Å²) in [6.45, 7) is 7.19. The highest BCUT2D eigenvalue weighted by Crippen LogP contribution is 2.61. The Labute approximate surface area is 143 Å². The van der Waals surface area contributed by atoms with E-state index < -0.39 is 0 Å². The van der Waals surface area contributed by atoms with E-state index in [1.54, 1.807) is 7.11 Å². The molecule has 4 nitrogen and oxygen atoms in total. The molecule has 2 fully saturated rings. The monoisotopic (exact) mass is 334 g/mol. The molecule has 0 unspecified atom stereocenters. The van der Waals surface area contributed by atoms with Crippen LogP contribution in [0, 0.1) is 17.3 Å². The highest BCUT2D eigenvalue weighted by Gasteiger charge is 2.62. The van der Waals surface area contributed by atoms with E-state index >= 15 is 0 Å². The fraction of sp³-hybridized carbons (Fsp3) is 0.611. The summed E-state index contributed by atoms with van der Waals surface area (Å²) in [4.78, 5) is 14.4. The number of thioether (sulfide) groups is 1. The van der Waals surface area contributed by atoms with Gasteiger partial charge in [-0.1, -0.05) is 26.0 Å². The van der Waals surface area contributed by atoms with Crippen LogP contribution in [0.4, 0.5) is 10.5 Å². The summed E-state index contributed by atoms with van der Waals surface area (Å²) in [6.07, 6.45) is 0. The highest BCUT2D eigenvalue weighted by molar-refractivity contribution is 7.98. The Morgan fingerprint density at radius 1 is 1.39 bits per heavy atom. The van der Waals surface area contributed by atoms with Crippen LogP contribution in [0.15, 0.2) is 24.3 Å². The average Bonchev–Trinajstić information content (AvgIpc) is 2.91. The molecule has 2 atom stereocenters. The zero-order valence-electron chi connectivity index (χ0n) is 14.2. The predicted molar refractivity (Wildman–Crippen MR) is 95.8 cm³/mol. The van der Waals surface area contributed by atoms with Crippen molar-refractivity contribution in [3.05, 3.63) is 29.8 Å². The van der Waals surface area contributed by atoms with Crippen LogP contribution >= 0.6 is 11.8 Å². The first-order chi connectivity index (χ1) is 11.0. The molecular formula is C18H26N2O2S. The molecule has 2 aliphatic rings. The van der Waals surface area contributed by atoms with Crippen LogP contribution in [0.2, 0.25) is 0 Å². The first kappa shape index (κ1) is 16.7. The summed E-state index contributed by atoms with van der Waals surface area (Å²) >= 11 is 1.84. The van der Waals surface area contributed by atoms with Gasteiger partial charge >= 0.3 is 6.03 Å². The van der Waals surface area contributed by atoms with Crippen molar-refractivity contribution in [3.63, 3.8) is 0 Å². The van der Waals surface area contributed by atoms with E-state index in [1.807, 2.05) is 28.8 Å². The zero-order valence-corrected chi connectivity index (χ0v) is 15.0. The van der Waals surface area contributed by atoms with E-state index in [2.05, 4.69) is 31.3 Å². The summed E-state index contributed by atoms with van der Waals surface area (Å²) in [7, 11) is 1.72. The minimum atomic E-state index is 0.0391. The lowest BCUT2D eigenvalue weighted by atomic mass is 10.1. The second-order valence-electron chi connectivity index (χ2n) is 7.12. The molecular weight excluding hydrogens is 308 g/mol. The predicted octanol–water partition coefficient (Wildman–Crippen LogP) is 3.69. The van der Waals surface area contributed by atoms with Crippen molar-refractivity contribution in [3.8, 4) is 0 Å². The standard InChI is InChI=1S/C18H26N2O2S/c1-18(2)15-10-20(11-16(15)18)17(21)19-14-6-4-5-13(9-14)12-23-8-7-22-3/h4-6,9,15-16H,7-8,10-12H2,1-3H3,(H,19,21)/t15-,16-/m1/s1. The number of piperidine rings is 1. The van der Waals surface area contributed by atoms with Crippen molar-refractivity contribution in [2.24, 2.45) is 17.3 Å². The maximum absolute atomic E-state index is 12.4. The van der Waals surface area contributed by atoms with Crippen LogP contribution in [0.1, 0.15) is 19.4 Å². The molecule has 0 radical (unpaired) electrons. The van der Waals surface area contributed by atoms with E-state index in [0.29, 0.717) is 17.3 Å². The van der Waals surface area contributed by atoms with Crippen LogP contribution in [0.3, 0.4) is 0 Å². The molecule has 0 bridgehead atoms. The first-order valence-corrected chi connectivity index (χ1v) is 9.39. The van der Waals surface area contributed by atoms with Gasteiger partial charge in [0, 0.05) is 37.4 Å². The van der Waals surface area contributed by atoms with Crippen molar-refractivity contribution in [2.75, 3.05) is 37.9 Å². The maximum atomic E-state index is 12.4. The number of rotatable bonds is 6. The number of carbonyl (C=O) groups is 1. The van der Waals surface area contributed by atoms with Crippen LogP contribution in [-0.4, -0.2) is 43.5 Å². The number of benzene rings is 1. The van der Waals surface area contributed by atoms with E-state index in [4.69, 9.17) is 4.74 Å². The number of ether oxygens (including phenoxy) is 1. The van der Waals surface area contributed by atoms with Gasteiger partial charge in [0.1, 0.15) is 0 Å². The van der Waals surface area contributed by atoms with Gasteiger partial charge in [-0.15, -0.1) is 0 Å². The molecule has 5 heteroatoms. The Morgan fingerprint density at radius 2 is 2.13 bits per heavy atom. The zero-order chi connectivity index (χ0) is 16.4. The van der Waals surface area contributed by atoms with Crippen LogP contribution in [0.5, 0.6) is 0 Å². The lowest BCUT2D eigenvalue weighted by molar-refractivity contribution is 0.209. The summed E-state index contributed by atoms with van der Waals surface area (Å²) < 4.78 is 5.06. The Balaban J connectivity index is 1.49. The van der Waals surface area contributed by atoms with Crippen molar-refractivity contribution in [1.82, 2.24) is 4.90 Å².